The number of hydrogen-bond donors (Lipinski definition) is 0. The Labute approximate surface area is 521 Å². The smallest absolute Gasteiger partial charge is 0.00200 e. The summed E-state index contributed by atoms with van der Waals surface area (Å²) in [6, 6.07) is 113. The first-order valence-corrected chi connectivity index (χ1v) is 31.5. The molecule has 0 saturated carbocycles. The van der Waals surface area contributed by atoms with Crippen molar-refractivity contribution in [2.24, 2.45) is 0 Å². The normalized spacial score (nSPS) is 12.1. The Morgan fingerprint density at radius 2 is 0.444 bits per heavy atom. The van der Waals surface area contributed by atoms with Crippen molar-refractivity contribution in [3.05, 3.63) is 314 Å². The summed E-state index contributed by atoms with van der Waals surface area (Å²) in [5.74, 6) is 0. The van der Waals surface area contributed by atoms with E-state index in [1.807, 2.05) is 0 Å². The van der Waals surface area contributed by atoms with Crippen LogP contribution in [0.15, 0.2) is 303 Å². The van der Waals surface area contributed by atoms with E-state index in [4.69, 9.17) is 0 Å². The number of rotatable bonds is 4. The van der Waals surface area contributed by atoms with Gasteiger partial charge in [-0.05, 0) is 223 Å². The van der Waals surface area contributed by atoms with Crippen molar-refractivity contribution in [2.75, 3.05) is 0 Å². The van der Waals surface area contributed by atoms with Crippen LogP contribution in [0.25, 0.3) is 197 Å². The van der Waals surface area contributed by atoms with Gasteiger partial charge in [-0.15, -0.1) is 0 Å². The van der Waals surface area contributed by atoms with Gasteiger partial charge in [-0.25, -0.2) is 0 Å². The van der Waals surface area contributed by atoms with E-state index in [9.17, 15) is 0 Å². The highest BCUT2D eigenvalue weighted by atomic mass is 14.3. The van der Waals surface area contributed by atoms with Crippen molar-refractivity contribution in [1.82, 2.24) is 0 Å². The van der Waals surface area contributed by atoms with E-state index in [1.54, 1.807) is 0 Å². The van der Waals surface area contributed by atoms with Gasteiger partial charge in [-0.1, -0.05) is 302 Å². The van der Waals surface area contributed by atoms with Crippen molar-refractivity contribution < 1.29 is 0 Å². The van der Waals surface area contributed by atoms with Gasteiger partial charge < -0.3 is 0 Å². The van der Waals surface area contributed by atoms with Crippen LogP contribution in [0.2, 0.25) is 0 Å². The number of hydrogen-bond acceptors (Lipinski definition) is 0. The summed E-state index contributed by atoms with van der Waals surface area (Å²) in [6.45, 7) is 4.43. The largest absolute Gasteiger partial charge is 0.0616 e. The molecule has 0 heterocycles. The molecular weight excluding hydrogens is 1080 g/mol. The first-order chi connectivity index (χ1) is 44.5. The lowest BCUT2D eigenvalue weighted by Crippen LogP contribution is -1.93. The van der Waals surface area contributed by atoms with Crippen molar-refractivity contribution >= 4 is 108 Å². The molecule has 0 saturated heterocycles. The van der Waals surface area contributed by atoms with Gasteiger partial charge in [0.05, 0.1) is 0 Å². The summed E-state index contributed by atoms with van der Waals surface area (Å²) < 4.78 is 0. The molecule has 2 aliphatic rings. The summed E-state index contributed by atoms with van der Waals surface area (Å²) in [5, 5.41) is 26.0. The van der Waals surface area contributed by atoms with Crippen LogP contribution >= 0.6 is 0 Å². The highest BCUT2D eigenvalue weighted by Crippen LogP contribution is 2.55. The van der Waals surface area contributed by atoms with Crippen LogP contribution in [0.4, 0.5) is 0 Å². The average molecular weight is 1140 g/mol. The predicted octanol–water partition coefficient (Wildman–Crippen LogP) is 25.5. The fourth-order valence-electron chi connectivity index (χ4n) is 16.2. The molecule has 0 atom stereocenters. The fraction of sp³-hybridized carbons (Fsp3) is 0.0222. The van der Waals surface area contributed by atoms with E-state index in [2.05, 4.69) is 317 Å². The summed E-state index contributed by atoms with van der Waals surface area (Å²) >= 11 is 0. The molecule has 18 aromatic rings. The van der Waals surface area contributed by atoms with E-state index in [0.29, 0.717) is 0 Å². The third kappa shape index (κ3) is 7.43. The van der Waals surface area contributed by atoms with E-state index in [1.165, 1.54) is 208 Å². The van der Waals surface area contributed by atoms with Gasteiger partial charge in [0.25, 0.3) is 0 Å². The average Bonchev–Trinajstić information content (AvgIpc) is 1.29. The summed E-state index contributed by atoms with van der Waals surface area (Å²) in [5.41, 5.74) is 23.6. The van der Waals surface area contributed by atoms with Gasteiger partial charge >= 0.3 is 0 Å². The summed E-state index contributed by atoms with van der Waals surface area (Å²) in [6.07, 6.45) is 0. The maximum Gasteiger partial charge on any atom is -0.00200 e. The minimum Gasteiger partial charge on any atom is -0.0616 e. The second-order valence-electron chi connectivity index (χ2n) is 25.0. The van der Waals surface area contributed by atoms with Crippen LogP contribution in [0.1, 0.15) is 11.1 Å². The fourth-order valence-corrected chi connectivity index (χ4v) is 16.2. The van der Waals surface area contributed by atoms with Crippen molar-refractivity contribution in [3.63, 3.8) is 0 Å². The molecule has 0 spiro atoms. The minimum absolute atomic E-state index is 1.25. The molecule has 0 heteroatoms. The molecule has 0 aliphatic heterocycles. The van der Waals surface area contributed by atoms with E-state index < -0.39 is 0 Å². The molecule has 0 radical (unpaired) electrons. The standard InChI is InChI=1S/C46H30.C44H26/c1-27-15-21-40-42(24-27)44(31-19-18-30-17-16-29-8-3-4-9-32(29)41(30)26-31)39-20-14-28(2)25-43(39)46(40)38-23-22-37-34-11-6-5-10-33(34)35-12-7-13-36(38)45(35)37;1-2-11-30-27(10-1)20-21-28-22-23-29(26-41(28)30)42-34-14-5-7-16-36(34)44(37-17-8-6-15-35(37)42)40-25-24-39-32-13-4-3-12-31(32)33-18-9-19-38(40)43(33)39/h3-26H,1-2H3;1-26H. The van der Waals surface area contributed by atoms with Crippen molar-refractivity contribution in [2.45, 2.75) is 13.8 Å². The summed E-state index contributed by atoms with van der Waals surface area (Å²) in [4.78, 5) is 0. The Morgan fingerprint density at radius 3 is 0.900 bits per heavy atom. The van der Waals surface area contributed by atoms with E-state index in [-0.39, 0.29) is 0 Å². The molecular formula is C90H56. The van der Waals surface area contributed by atoms with Gasteiger partial charge in [0, 0.05) is 0 Å². The Balaban J connectivity index is 0.000000130. The van der Waals surface area contributed by atoms with Crippen LogP contribution in [-0.2, 0) is 0 Å². The monoisotopic (exact) mass is 1140 g/mol. The molecule has 0 nitrogen and oxygen atoms in total. The Hall–Kier alpha value is -11.4. The maximum absolute atomic E-state index is 2.42. The summed E-state index contributed by atoms with van der Waals surface area (Å²) in [7, 11) is 0. The Morgan fingerprint density at radius 1 is 0.156 bits per heavy atom. The van der Waals surface area contributed by atoms with Gasteiger partial charge in [-0.3, -0.25) is 0 Å². The predicted molar refractivity (Wildman–Crippen MR) is 388 cm³/mol. The molecule has 18 aromatic carbocycles. The van der Waals surface area contributed by atoms with Crippen LogP contribution in [0.3, 0.4) is 0 Å². The first kappa shape index (κ1) is 50.7. The lowest BCUT2D eigenvalue weighted by Gasteiger charge is -2.20. The molecule has 0 N–H and O–H groups in total. The number of fused-ring (bicyclic) bond motifs is 16. The lowest BCUT2D eigenvalue weighted by molar-refractivity contribution is 1.49. The quantitative estimate of drug-likeness (QED) is 0.122. The second-order valence-corrected chi connectivity index (χ2v) is 25.0. The molecule has 90 heavy (non-hydrogen) atoms. The minimum atomic E-state index is 1.25. The number of aryl methyl sites for hydroxylation is 2. The Kier molecular flexibility index (Phi) is 11.0. The zero-order valence-corrected chi connectivity index (χ0v) is 49.9. The zero-order valence-electron chi connectivity index (χ0n) is 49.9. The zero-order chi connectivity index (χ0) is 59.3. The molecule has 0 amide bonds. The van der Waals surface area contributed by atoms with Gasteiger partial charge in [-0.2, -0.15) is 0 Å². The lowest BCUT2D eigenvalue weighted by atomic mass is 9.83. The first-order valence-electron chi connectivity index (χ1n) is 31.5. The van der Waals surface area contributed by atoms with Gasteiger partial charge in [0.1, 0.15) is 0 Å². The molecule has 416 valence electrons. The van der Waals surface area contributed by atoms with E-state index >= 15 is 0 Å². The molecule has 0 aromatic heterocycles. The topological polar surface area (TPSA) is 0 Å². The van der Waals surface area contributed by atoms with Crippen LogP contribution in [-0.4, -0.2) is 0 Å². The SMILES string of the molecule is Cc1ccc2c(-c3ccc4c5c(cccc35)-c3ccccc3-4)c3cc(C)ccc3c(-c3ccc4ccc5ccccc5c4c3)c2c1.c1ccc2c(c1)-c1cccc3c(-c4c5ccccc5c(-c5ccc6ccc7ccccc7c6c5)c5ccccc45)ccc-2c13. The highest BCUT2D eigenvalue weighted by molar-refractivity contribution is 6.29. The third-order valence-electron chi connectivity index (χ3n) is 20.1. The molecule has 0 fully saturated rings. The number of benzene rings is 18. The van der Waals surface area contributed by atoms with E-state index in [0.717, 1.165) is 0 Å². The molecule has 2 aliphatic carbocycles. The van der Waals surface area contributed by atoms with Crippen LogP contribution in [0, 0.1) is 13.8 Å². The molecule has 0 bridgehead atoms. The maximum atomic E-state index is 2.42. The molecule has 0 unspecified atom stereocenters. The Bertz CT molecular complexity index is 6060. The van der Waals surface area contributed by atoms with Crippen molar-refractivity contribution in [1.29, 1.82) is 0 Å². The van der Waals surface area contributed by atoms with Gasteiger partial charge in [0.15, 0.2) is 0 Å². The molecule has 20 rings (SSSR count). The second kappa shape index (κ2) is 19.5. The highest BCUT2D eigenvalue weighted by Gasteiger charge is 2.27. The van der Waals surface area contributed by atoms with Crippen molar-refractivity contribution in [3.8, 4) is 89.0 Å². The third-order valence-corrected chi connectivity index (χ3v) is 20.1. The van der Waals surface area contributed by atoms with Gasteiger partial charge in [0.2, 0.25) is 0 Å². The van der Waals surface area contributed by atoms with Crippen LogP contribution in [0.5, 0.6) is 0 Å². The van der Waals surface area contributed by atoms with Crippen LogP contribution < -0.4 is 0 Å².